The van der Waals surface area contributed by atoms with Crippen LogP contribution in [0.4, 0.5) is 5.69 Å². The minimum Gasteiger partial charge on any atom is -0.379 e. The Morgan fingerprint density at radius 1 is 1.32 bits per heavy atom. The van der Waals surface area contributed by atoms with Crippen molar-refractivity contribution < 1.29 is 14.3 Å². The number of carbonyl (C=O) groups is 2. The van der Waals surface area contributed by atoms with Gasteiger partial charge in [0.05, 0.1) is 6.10 Å². The van der Waals surface area contributed by atoms with Crippen molar-refractivity contribution in [3.8, 4) is 0 Å². The Morgan fingerprint density at radius 2 is 2.09 bits per heavy atom. The molecule has 0 spiro atoms. The maximum Gasteiger partial charge on any atom is 0.316 e. The molecular formula is C17H24N2O3. The number of nitrogens with zero attached hydrogens (tertiary/aromatic N) is 1. The number of para-hydroxylation sites is 1. The first-order valence-electron chi connectivity index (χ1n) is 7.89. The summed E-state index contributed by atoms with van der Waals surface area (Å²) in [6, 6.07) is 7.76. The monoisotopic (exact) mass is 304 g/mol. The van der Waals surface area contributed by atoms with E-state index >= 15 is 0 Å². The van der Waals surface area contributed by atoms with Gasteiger partial charge in [0.15, 0.2) is 0 Å². The van der Waals surface area contributed by atoms with Crippen LogP contribution in [0.3, 0.4) is 0 Å². The topological polar surface area (TPSA) is 58.6 Å². The Labute approximate surface area is 131 Å². The van der Waals surface area contributed by atoms with Crippen LogP contribution in [0.5, 0.6) is 0 Å². The molecular weight excluding hydrogens is 280 g/mol. The highest BCUT2D eigenvalue weighted by Gasteiger charge is 2.26. The zero-order chi connectivity index (χ0) is 15.9. The maximum atomic E-state index is 12.3. The number of carbonyl (C=O) groups excluding carboxylic acids is 2. The van der Waals surface area contributed by atoms with Crippen molar-refractivity contribution in [3.05, 3.63) is 29.8 Å². The second kappa shape index (κ2) is 7.94. The first-order chi connectivity index (χ1) is 10.6. The van der Waals surface area contributed by atoms with Gasteiger partial charge in [-0.3, -0.25) is 9.59 Å². The SMILES string of the molecule is CC(C)OCCCNC(=O)C(=O)N1CCCc2ccccc21. The van der Waals surface area contributed by atoms with Crippen LogP contribution in [-0.2, 0) is 20.7 Å². The smallest absolute Gasteiger partial charge is 0.316 e. The normalized spacial score (nSPS) is 13.9. The zero-order valence-electron chi connectivity index (χ0n) is 13.3. The Morgan fingerprint density at radius 3 is 2.86 bits per heavy atom. The van der Waals surface area contributed by atoms with Crippen molar-refractivity contribution in [3.63, 3.8) is 0 Å². The molecule has 2 rings (SSSR count). The third kappa shape index (κ3) is 4.31. The van der Waals surface area contributed by atoms with Gasteiger partial charge in [-0.1, -0.05) is 18.2 Å². The lowest BCUT2D eigenvalue weighted by Gasteiger charge is -2.28. The van der Waals surface area contributed by atoms with Crippen molar-refractivity contribution in [1.29, 1.82) is 0 Å². The molecule has 5 nitrogen and oxygen atoms in total. The molecule has 1 N–H and O–H groups in total. The fourth-order valence-electron chi connectivity index (χ4n) is 2.54. The first-order valence-corrected chi connectivity index (χ1v) is 7.89. The number of hydrogen-bond donors (Lipinski definition) is 1. The van der Waals surface area contributed by atoms with E-state index in [0.717, 1.165) is 24.1 Å². The standard InChI is InChI=1S/C17H24N2O3/c1-13(2)22-12-6-10-18-16(20)17(21)19-11-5-8-14-7-3-4-9-15(14)19/h3-4,7,9,13H,5-6,8,10-12H2,1-2H3,(H,18,20). The molecule has 0 aliphatic carbocycles. The highest BCUT2D eigenvalue weighted by atomic mass is 16.5. The summed E-state index contributed by atoms with van der Waals surface area (Å²) in [5.41, 5.74) is 1.98. The largest absolute Gasteiger partial charge is 0.379 e. The van der Waals surface area contributed by atoms with E-state index in [1.54, 1.807) is 4.90 Å². The Kier molecular flexibility index (Phi) is 5.95. The molecule has 5 heteroatoms. The lowest BCUT2D eigenvalue weighted by Crippen LogP contribution is -2.45. The third-order valence-corrected chi connectivity index (χ3v) is 3.61. The van der Waals surface area contributed by atoms with Gasteiger partial charge in [0, 0.05) is 25.4 Å². The minimum atomic E-state index is -0.541. The second-order valence-corrected chi connectivity index (χ2v) is 5.72. The van der Waals surface area contributed by atoms with Gasteiger partial charge in [0.25, 0.3) is 0 Å². The first kappa shape index (κ1) is 16.5. The molecule has 0 fully saturated rings. The predicted molar refractivity (Wildman–Crippen MR) is 85.8 cm³/mol. The maximum absolute atomic E-state index is 12.3. The van der Waals surface area contributed by atoms with Gasteiger partial charge in [-0.05, 0) is 44.7 Å². The molecule has 0 radical (unpaired) electrons. The van der Waals surface area contributed by atoms with Gasteiger partial charge in [-0.2, -0.15) is 0 Å². The average Bonchev–Trinajstić information content (AvgIpc) is 2.52. The molecule has 1 aromatic carbocycles. The van der Waals surface area contributed by atoms with E-state index in [-0.39, 0.29) is 6.10 Å². The molecule has 120 valence electrons. The van der Waals surface area contributed by atoms with Crippen LogP contribution < -0.4 is 10.2 Å². The van der Waals surface area contributed by atoms with Crippen molar-refractivity contribution in [2.75, 3.05) is 24.6 Å². The number of aryl methyl sites for hydroxylation is 1. The highest BCUT2D eigenvalue weighted by Crippen LogP contribution is 2.26. The molecule has 0 atom stereocenters. The highest BCUT2D eigenvalue weighted by molar-refractivity contribution is 6.40. The molecule has 22 heavy (non-hydrogen) atoms. The van der Waals surface area contributed by atoms with Crippen LogP contribution in [0.1, 0.15) is 32.3 Å². The van der Waals surface area contributed by atoms with Gasteiger partial charge in [-0.15, -0.1) is 0 Å². The van der Waals surface area contributed by atoms with Crippen molar-refractivity contribution in [2.45, 2.75) is 39.2 Å². The number of anilines is 1. The van der Waals surface area contributed by atoms with Gasteiger partial charge in [0.1, 0.15) is 0 Å². The molecule has 2 amide bonds. The zero-order valence-corrected chi connectivity index (χ0v) is 13.3. The van der Waals surface area contributed by atoms with Crippen LogP contribution >= 0.6 is 0 Å². The lowest BCUT2D eigenvalue weighted by molar-refractivity contribution is -0.137. The number of ether oxygens (including phenoxy) is 1. The van der Waals surface area contributed by atoms with E-state index in [2.05, 4.69) is 5.32 Å². The summed E-state index contributed by atoms with van der Waals surface area (Å²) in [5, 5.41) is 2.67. The third-order valence-electron chi connectivity index (χ3n) is 3.61. The van der Waals surface area contributed by atoms with E-state index in [1.165, 1.54) is 0 Å². The molecule has 0 bridgehead atoms. The van der Waals surface area contributed by atoms with E-state index in [9.17, 15) is 9.59 Å². The van der Waals surface area contributed by atoms with Gasteiger partial charge >= 0.3 is 11.8 Å². The number of fused-ring (bicyclic) bond motifs is 1. The molecule has 0 saturated heterocycles. The van der Waals surface area contributed by atoms with Gasteiger partial charge in [-0.25, -0.2) is 0 Å². The number of nitrogens with one attached hydrogen (secondary N) is 1. The quantitative estimate of drug-likeness (QED) is 0.667. The number of rotatable bonds is 5. The molecule has 1 aromatic rings. The summed E-state index contributed by atoms with van der Waals surface area (Å²) in [4.78, 5) is 25.9. The number of hydrogen-bond acceptors (Lipinski definition) is 3. The van der Waals surface area contributed by atoms with Crippen LogP contribution in [0, 0.1) is 0 Å². The van der Waals surface area contributed by atoms with E-state index in [0.29, 0.717) is 26.1 Å². The van der Waals surface area contributed by atoms with E-state index in [4.69, 9.17) is 4.74 Å². The molecule has 1 heterocycles. The Hall–Kier alpha value is -1.88. The second-order valence-electron chi connectivity index (χ2n) is 5.72. The van der Waals surface area contributed by atoms with Crippen molar-refractivity contribution in [2.24, 2.45) is 0 Å². The summed E-state index contributed by atoms with van der Waals surface area (Å²) >= 11 is 0. The Balaban J connectivity index is 1.85. The Bertz CT molecular complexity index is 528. The van der Waals surface area contributed by atoms with Crippen molar-refractivity contribution in [1.82, 2.24) is 5.32 Å². The molecule has 1 aliphatic heterocycles. The fourth-order valence-corrected chi connectivity index (χ4v) is 2.54. The molecule has 0 saturated carbocycles. The van der Waals surface area contributed by atoms with Crippen molar-refractivity contribution >= 4 is 17.5 Å². The summed E-state index contributed by atoms with van der Waals surface area (Å²) in [6.07, 6.45) is 2.72. The molecule has 0 aromatic heterocycles. The number of benzene rings is 1. The molecule has 0 unspecified atom stereocenters. The van der Waals surface area contributed by atoms with Crippen LogP contribution in [0.2, 0.25) is 0 Å². The summed E-state index contributed by atoms with van der Waals surface area (Å²) in [5.74, 6) is -1.02. The van der Waals surface area contributed by atoms with Gasteiger partial charge in [0.2, 0.25) is 0 Å². The fraction of sp³-hybridized carbons (Fsp3) is 0.529. The molecule has 1 aliphatic rings. The van der Waals surface area contributed by atoms with Crippen LogP contribution in [0.15, 0.2) is 24.3 Å². The summed E-state index contributed by atoms with van der Waals surface area (Å²) in [6.45, 7) is 5.57. The van der Waals surface area contributed by atoms with Crippen LogP contribution in [0.25, 0.3) is 0 Å². The van der Waals surface area contributed by atoms with E-state index in [1.807, 2.05) is 38.1 Å². The predicted octanol–water partition coefficient (Wildman–Crippen LogP) is 1.90. The number of amides is 2. The average molecular weight is 304 g/mol. The summed E-state index contributed by atoms with van der Waals surface area (Å²) < 4.78 is 5.40. The van der Waals surface area contributed by atoms with Crippen LogP contribution in [-0.4, -0.2) is 37.6 Å². The van der Waals surface area contributed by atoms with Gasteiger partial charge < -0.3 is 15.0 Å². The van der Waals surface area contributed by atoms with E-state index < -0.39 is 11.8 Å². The lowest BCUT2D eigenvalue weighted by atomic mass is 10.0. The summed E-state index contributed by atoms with van der Waals surface area (Å²) in [7, 11) is 0. The minimum absolute atomic E-state index is 0.183.